The minimum Gasteiger partial charge on any atom is -1.00 e. The molecular weight excluding hydrogens is 474 g/mol. The van der Waals surface area contributed by atoms with Crippen molar-refractivity contribution in [2.45, 2.75) is 32.5 Å². The van der Waals surface area contributed by atoms with E-state index in [9.17, 15) is 32.7 Å². The first-order valence-electron chi connectivity index (χ1n) is 11.0. The molecule has 3 rings (SSSR count). The summed E-state index contributed by atoms with van der Waals surface area (Å²) in [7, 11) is 0. The van der Waals surface area contributed by atoms with Gasteiger partial charge in [-0.3, -0.25) is 9.59 Å². The number of carboxylic acid groups (broad SMARTS) is 1. The molecule has 2 aromatic rings. The van der Waals surface area contributed by atoms with Gasteiger partial charge in [-0.2, -0.15) is 13.2 Å². The van der Waals surface area contributed by atoms with Crippen molar-refractivity contribution in [3.8, 4) is 0 Å². The van der Waals surface area contributed by atoms with Crippen molar-refractivity contribution in [1.82, 2.24) is 20.4 Å². The number of carbonyl (C=O) groups is 3. The van der Waals surface area contributed by atoms with Crippen LogP contribution in [0.2, 0.25) is 0 Å². The van der Waals surface area contributed by atoms with E-state index >= 15 is 0 Å². The van der Waals surface area contributed by atoms with Gasteiger partial charge in [-0.15, -0.1) is 10.2 Å². The van der Waals surface area contributed by atoms with E-state index in [2.05, 4.69) is 15.5 Å². The number of aromatic nitrogens is 2. The van der Waals surface area contributed by atoms with Gasteiger partial charge in [0, 0.05) is 26.2 Å². The van der Waals surface area contributed by atoms with Gasteiger partial charge >= 0.3 is 31.0 Å². The number of carboxylic acids is 1. The normalized spacial score (nSPS) is 14.7. The molecule has 1 saturated heterocycles. The molecule has 1 aliphatic rings. The van der Waals surface area contributed by atoms with Crippen molar-refractivity contribution in [3.05, 3.63) is 53.2 Å². The molecule has 2 N–H and O–H groups in total. The van der Waals surface area contributed by atoms with Crippen molar-refractivity contribution in [3.63, 3.8) is 0 Å². The van der Waals surface area contributed by atoms with Crippen molar-refractivity contribution in [1.29, 1.82) is 0 Å². The molecule has 9 nitrogen and oxygen atoms in total. The monoisotopic (exact) mass is 501 g/mol. The molecule has 13 heteroatoms. The zero-order chi connectivity index (χ0) is 25.8. The van der Waals surface area contributed by atoms with Crippen LogP contribution in [-0.4, -0.2) is 70.2 Å². The number of aliphatic carboxylic acids is 1. The van der Waals surface area contributed by atoms with E-state index in [1.807, 2.05) is 13.8 Å². The summed E-state index contributed by atoms with van der Waals surface area (Å²) in [5, 5.41) is 19.6. The Morgan fingerprint density at radius 1 is 1.06 bits per heavy atom. The number of nitrogens with zero attached hydrogens (tertiary/aromatic N) is 4. The molecule has 0 spiro atoms. The number of alkyl halides is 3. The van der Waals surface area contributed by atoms with Gasteiger partial charge in [0.1, 0.15) is 6.04 Å². The van der Waals surface area contributed by atoms with Gasteiger partial charge in [-0.1, -0.05) is 26.0 Å². The number of hydrogen-bond acceptors (Lipinski definition) is 6. The third-order valence-electron chi connectivity index (χ3n) is 5.55. The predicted octanol–water partition coefficient (Wildman–Crippen LogP) is -0.197. The van der Waals surface area contributed by atoms with Crippen molar-refractivity contribution >= 4 is 23.6 Å². The molecule has 2 heterocycles. The SMILES string of the molecule is CC(C)CC(NC(=O)c1ccc(N2CCN(C(=O)c3ccccc3C(F)(F)F)CC2)nn1)C(=O)O.[H-].[Li+]. The number of hydrogen-bond donors (Lipinski definition) is 2. The fourth-order valence-electron chi connectivity index (χ4n) is 3.77. The Hall–Kier alpha value is -3.10. The first-order chi connectivity index (χ1) is 16.5. The van der Waals surface area contributed by atoms with Gasteiger partial charge in [0.05, 0.1) is 11.1 Å². The fraction of sp³-hybridized carbons (Fsp3) is 0.435. The Balaban J connectivity index is 0.00000342. The molecule has 2 amide bonds. The molecule has 1 aromatic carbocycles. The second-order valence-electron chi connectivity index (χ2n) is 8.59. The number of halogens is 3. The van der Waals surface area contributed by atoms with Gasteiger partial charge in [0.2, 0.25) is 0 Å². The van der Waals surface area contributed by atoms with E-state index in [1.54, 1.807) is 11.0 Å². The number of piperazine rings is 1. The van der Waals surface area contributed by atoms with E-state index in [-0.39, 0.29) is 57.0 Å². The number of carbonyl (C=O) groups excluding carboxylic acids is 2. The van der Waals surface area contributed by atoms with Gasteiger partial charge in [0.15, 0.2) is 11.5 Å². The van der Waals surface area contributed by atoms with Crippen LogP contribution in [0.5, 0.6) is 0 Å². The second-order valence-corrected chi connectivity index (χ2v) is 8.59. The summed E-state index contributed by atoms with van der Waals surface area (Å²) in [6.07, 6.45) is -4.36. The van der Waals surface area contributed by atoms with Crippen LogP contribution >= 0.6 is 0 Å². The quantitative estimate of drug-likeness (QED) is 0.505. The Morgan fingerprint density at radius 3 is 2.22 bits per heavy atom. The molecule has 1 aliphatic heterocycles. The summed E-state index contributed by atoms with van der Waals surface area (Å²) in [5.74, 6) is -1.98. The smallest absolute Gasteiger partial charge is 1.00 e. The number of anilines is 1. The zero-order valence-corrected chi connectivity index (χ0v) is 20.2. The summed E-state index contributed by atoms with van der Waals surface area (Å²) < 4.78 is 39.8. The third-order valence-corrected chi connectivity index (χ3v) is 5.55. The average Bonchev–Trinajstić information content (AvgIpc) is 2.82. The summed E-state index contributed by atoms with van der Waals surface area (Å²) in [4.78, 5) is 39.6. The molecule has 1 atom stereocenters. The average molecular weight is 501 g/mol. The maximum atomic E-state index is 13.3. The molecule has 0 radical (unpaired) electrons. The molecule has 0 aliphatic carbocycles. The van der Waals surface area contributed by atoms with Crippen molar-refractivity contribution in [2.24, 2.45) is 5.92 Å². The van der Waals surface area contributed by atoms with E-state index in [0.717, 1.165) is 6.07 Å². The fourth-order valence-corrected chi connectivity index (χ4v) is 3.77. The van der Waals surface area contributed by atoms with Crippen LogP contribution in [-0.2, 0) is 11.0 Å². The van der Waals surface area contributed by atoms with Crippen LogP contribution in [0.3, 0.4) is 0 Å². The Labute approximate surface area is 219 Å². The molecular formula is C23H27F3LiN5O4. The second kappa shape index (κ2) is 12.2. The van der Waals surface area contributed by atoms with Gasteiger partial charge in [0.25, 0.3) is 11.8 Å². The minimum atomic E-state index is -4.63. The Morgan fingerprint density at radius 2 is 1.69 bits per heavy atom. The van der Waals surface area contributed by atoms with Crippen LogP contribution in [0.4, 0.5) is 19.0 Å². The van der Waals surface area contributed by atoms with Crippen LogP contribution in [0, 0.1) is 5.92 Å². The van der Waals surface area contributed by atoms with Crippen LogP contribution < -0.4 is 29.1 Å². The predicted molar refractivity (Wildman–Crippen MR) is 121 cm³/mol. The van der Waals surface area contributed by atoms with E-state index in [4.69, 9.17) is 0 Å². The Bertz CT molecular complexity index is 1080. The molecule has 1 unspecified atom stereocenters. The molecule has 1 aromatic heterocycles. The van der Waals surface area contributed by atoms with Crippen LogP contribution in [0.1, 0.15) is 48.1 Å². The summed E-state index contributed by atoms with van der Waals surface area (Å²) in [6.45, 7) is 4.69. The van der Waals surface area contributed by atoms with Crippen LogP contribution in [0.25, 0.3) is 0 Å². The standard InChI is InChI=1S/C23H26F3N5O4.Li.H/c1-14(2)13-18(22(34)35)27-20(32)17-7-8-19(29-28-17)30-9-11-31(12-10-30)21(33)15-5-3-4-6-16(15)23(24,25)26;;/h3-8,14,18H,9-13H2,1-2H3,(H,27,32)(H,34,35);;/q;+1;-1. The largest absolute Gasteiger partial charge is 1.00 e. The van der Waals surface area contributed by atoms with E-state index in [1.165, 1.54) is 29.2 Å². The maximum absolute atomic E-state index is 13.3. The minimum absolute atomic E-state index is 0. The summed E-state index contributed by atoms with van der Waals surface area (Å²) in [6, 6.07) is 6.62. The molecule has 0 saturated carbocycles. The zero-order valence-electron chi connectivity index (χ0n) is 21.2. The summed E-state index contributed by atoms with van der Waals surface area (Å²) >= 11 is 0. The molecule has 0 bridgehead atoms. The number of rotatable bonds is 7. The van der Waals surface area contributed by atoms with Crippen molar-refractivity contribution < 1.29 is 52.9 Å². The van der Waals surface area contributed by atoms with E-state index < -0.39 is 35.6 Å². The Kier molecular flexibility index (Phi) is 9.90. The summed E-state index contributed by atoms with van der Waals surface area (Å²) in [5.41, 5.74) is -1.40. The molecule has 1 fully saturated rings. The molecule has 190 valence electrons. The van der Waals surface area contributed by atoms with E-state index in [0.29, 0.717) is 18.9 Å². The third kappa shape index (κ3) is 7.21. The maximum Gasteiger partial charge on any atom is 1.00 e. The first kappa shape index (κ1) is 29.1. The van der Waals surface area contributed by atoms with Gasteiger partial charge in [-0.05, 0) is 36.6 Å². The topological polar surface area (TPSA) is 116 Å². The number of nitrogens with one attached hydrogen (secondary N) is 1. The van der Waals surface area contributed by atoms with Crippen LogP contribution in [0.15, 0.2) is 36.4 Å². The number of benzene rings is 1. The van der Waals surface area contributed by atoms with Crippen molar-refractivity contribution in [2.75, 3.05) is 31.1 Å². The first-order valence-corrected chi connectivity index (χ1v) is 11.0. The van der Waals surface area contributed by atoms with Gasteiger partial charge in [-0.25, -0.2) is 4.79 Å². The number of amides is 2. The molecule has 36 heavy (non-hydrogen) atoms. The van der Waals surface area contributed by atoms with Gasteiger partial charge < -0.3 is 21.6 Å².